The van der Waals surface area contributed by atoms with E-state index < -0.39 is 0 Å². The lowest BCUT2D eigenvalue weighted by Crippen LogP contribution is -2.33. The number of quaternary nitrogens is 2. The molecule has 0 radical (unpaired) electrons. The van der Waals surface area contributed by atoms with Gasteiger partial charge in [-0.2, -0.15) is 8.97 Å². The van der Waals surface area contributed by atoms with Crippen molar-refractivity contribution in [1.29, 1.82) is 0 Å². The number of rotatable bonds is 11. The molecule has 0 saturated carbocycles. The molecule has 0 aliphatic rings. The number of para-hydroxylation sites is 6. The van der Waals surface area contributed by atoms with Crippen molar-refractivity contribution in [3.63, 3.8) is 0 Å². The second-order valence-corrected chi connectivity index (χ2v) is 15.1. The van der Waals surface area contributed by atoms with Crippen molar-refractivity contribution in [3.05, 3.63) is 261 Å². The Balaban J connectivity index is 1.20. The summed E-state index contributed by atoms with van der Waals surface area (Å²) in [4.78, 5) is 15.8. The molecule has 9 aromatic carbocycles. The minimum Gasteiger partial charge on any atom is -0.208 e. The van der Waals surface area contributed by atoms with E-state index in [1.807, 2.05) is 18.2 Å². The fraction of sp³-hybridized carbons (Fsp3) is 0. The molecule has 0 amide bonds. The van der Waals surface area contributed by atoms with E-state index in [2.05, 4.69) is 243 Å². The fourth-order valence-corrected chi connectivity index (χ4v) is 8.76. The second kappa shape index (κ2) is 16.9. The molecule has 0 atom stereocenters. The van der Waals surface area contributed by atoms with Gasteiger partial charge in [0.05, 0.1) is 0 Å². The van der Waals surface area contributed by atoms with Crippen molar-refractivity contribution >= 4 is 45.5 Å². The van der Waals surface area contributed by atoms with Gasteiger partial charge in [-0.25, -0.2) is 15.0 Å². The monoisotopic (exact) mass is 797 g/mol. The molecule has 5 nitrogen and oxygen atoms in total. The van der Waals surface area contributed by atoms with Gasteiger partial charge in [0.1, 0.15) is 45.5 Å². The first-order valence-electron chi connectivity index (χ1n) is 20.9. The summed E-state index contributed by atoms with van der Waals surface area (Å²) in [7, 11) is 0. The summed E-state index contributed by atoms with van der Waals surface area (Å²) in [6.45, 7) is 0. The molecule has 0 aliphatic heterocycles. The summed E-state index contributed by atoms with van der Waals surface area (Å²) in [5, 5.41) is 0. The summed E-state index contributed by atoms with van der Waals surface area (Å²) in [5.74, 6) is 1.78. The van der Waals surface area contributed by atoms with Crippen LogP contribution in [0.3, 0.4) is 0 Å². The summed E-state index contributed by atoms with van der Waals surface area (Å²) in [5.41, 5.74) is 11.4. The van der Waals surface area contributed by atoms with Gasteiger partial charge in [-0.3, -0.25) is 0 Å². The summed E-state index contributed by atoms with van der Waals surface area (Å²) < 4.78 is 0.723. The normalized spacial score (nSPS) is 11.5. The minimum atomic E-state index is 0.361. The molecule has 0 fully saturated rings. The first-order valence-corrected chi connectivity index (χ1v) is 20.9. The molecule has 5 heteroatoms. The van der Waals surface area contributed by atoms with Crippen molar-refractivity contribution in [3.8, 4) is 34.2 Å². The Labute approximate surface area is 363 Å². The van der Waals surface area contributed by atoms with Gasteiger partial charge in [0, 0.05) is 114 Å². The van der Waals surface area contributed by atoms with E-state index in [4.69, 9.17) is 15.0 Å². The van der Waals surface area contributed by atoms with E-state index in [-0.39, 0.29) is 0 Å². The second-order valence-electron chi connectivity index (χ2n) is 15.1. The highest BCUT2D eigenvalue weighted by atomic mass is 15.4. The third-order valence-corrected chi connectivity index (χ3v) is 11.5. The van der Waals surface area contributed by atoms with Crippen LogP contribution in [0.4, 0.5) is 45.5 Å². The highest BCUT2D eigenvalue weighted by molar-refractivity contribution is 5.85. The SMILES string of the molecule is c1ccc(-c2nc(-c3cccc([N+](c4ccccc4)(c4ccccc4)c4ccccc4)c3)nc(-c3cccc([N+](c4ccccc4)(c4ccccc4)c4ccccc4)c3)n2)cc1. The van der Waals surface area contributed by atoms with E-state index in [1.165, 1.54) is 0 Å². The maximum atomic E-state index is 5.35. The van der Waals surface area contributed by atoms with Gasteiger partial charge in [0.25, 0.3) is 0 Å². The van der Waals surface area contributed by atoms with Crippen LogP contribution < -0.4 is 8.97 Å². The average molecular weight is 798 g/mol. The van der Waals surface area contributed by atoms with Crippen LogP contribution in [0, 0.1) is 0 Å². The lowest BCUT2D eigenvalue weighted by molar-refractivity contribution is 0.704. The fourth-order valence-electron chi connectivity index (χ4n) is 8.76. The van der Waals surface area contributed by atoms with Gasteiger partial charge in [-0.15, -0.1) is 0 Å². The topological polar surface area (TPSA) is 38.7 Å². The molecule has 0 unspecified atom stereocenters. The van der Waals surface area contributed by atoms with Gasteiger partial charge in [0.15, 0.2) is 17.5 Å². The van der Waals surface area contributed by atoms with E-state index >= 15 is 0 Å². The molecule has 0 spiro atoms. The Hall–Kier alpha value is -8.09. The smallest absolute Gasteiger partial charge is 0.164 e. The molecule has 294 valence electrons. The van der Waals surface area contributed by atoms with E-state index in [0.717, 1.165) is 62.2 Å². The Morgan fingerprint density at radius 2 is 0.403 bits per heavy atom. The van der Waals surface area contributed by atoms with E-state index in [9.17, 15) is 0 Å². The van der Waals surface area contributed by atoms with Gasteiger partial charge < -0.3 is 0 Å². The maximum absolute atomic E-state index is 5.35. The third kappa shape index (κ3) is 6.87. The van der Waals surface area contributed by atoms with Crippen molar-refractivity contribution in [2.45, 2.75) is 0 Å². The number of nitrogens with zero attached hydrogens (tertiary/aromatic N) is 5. The molecular weight excluding hydrogens is 755 g/mol. The predicted molar refractivity (Wildman–Crippen MR) is 256 cm³/mol. The Bertz CT molecular complexity index is 2660. The van der Waals surface area contributed by atoms with Crippen molar-refractivity contribution in [2.24, 2.45) is 0 Å². The van der Waals surface area contributed by atoms with Crippen LogP contribution in [0.25, 0.3) is 34.2 Å². The molecule has 0 saturated heterocycles. The quantitative estimate of drug-likeness (QED) is 0.122. The summed E-state index contributed by atoms with van der Waals surface area (Å²) in [6, 6.07) is 91.6. The van der Waals surface area contributed by atoms with Gasteiger partial charge in [-0.1, -0.05) is 164 Å². The van der Waals surface area contributed by atoms with Crippen molar-refractivity contribution in [2.75, 3.05) is 0 Å². The largest absolute Gasteiger partial charge is 0.208 e. The third-order valence-electron chi connectivity index (χ3n) is 11.5. The highest BCUT2D eigenvalue weighted by Crippen LogP contribution is 2.53. The molecule has 62 heavy (non-hydrogen) atoms. The van der Waals surface area contributed by atoms with Crippen LogP contribution in [0.5, 0.6) is 0 Å². The summed E-state index contributed by atoms with van der Waals surface area (Å²) >= 11 is 0. The van der Waals surface area contributed by atoms with Gasteiger partial charge >= 0.3 is 0 Å². The summed E-state index contributed by atoms with van der Waals surface area (Å²) in [6.07, 6.45) is 0. The molecule has 10 rings (SSSR count). The number of hydrogen-bond donors (Lipinski definition) is 0. The van der Waals surface area contributed by atoms with Gasteiger partial charge in [0.2, 0.25) is 0 Å². The average Bonchev–Trinajstić information content (AvgIpc) is 3.37. The van der Waals surface area contributed by atoms with Crippen molar-refractivity contribution in [1.82, 2.24) is 23.9 Å². The zero-order valence-electron chi connectivity index (χ0n) is 34.1. The van der Waals surface area contributed by atoms with Crippen LogP contribution in [0.1, 0.15) is 0 Å². The minimum absolute atomic E-state index is 0.361. The van der Waals surface area contributed by atoms with Crippen LogP contribution in [-0.2, 0) is 0 Å². The lowest BCUT2D eigenvalue weighted by atomic mass is 10.0. The predicted octanol–water partition coefficient (Wildman–Crippen LogP) is 15.5. The van der Waals surface area contributed by atoms with Crippen molar-refractivity contribution < 1.29 is 0 Å². The zero-order chi connectivity index (χ0) is 41.6. The highest BCUT2D eigenvalue weighted by Gasteiger charge is 2.41. The molecule has 10 aromatic rings. The Morgan fingerprint density at radius 1 is 0.194 bits per heavy atom. The van der Waals surface area contributed by atoms with Crippen LogP contribution >= 0.6 is 0 Å². The molecule has 0 aliphatic carbocycles. The molecular formula is C57H43N5+2. The number of benzene rings is 9. The van der Waals surface area contributed by atoms with Crippen LogP contribution in [0.2, 0.25) is 0 Å². The molecule has 1 aromatic heterocycles. The number of aromatic nitrogens is 3. The zero-order valence-corrected chi connectivity index (χ0v) is 34.1. The first-order chi connectivity index (χ1) is 30.7. The first kappa shape index (κ1) is 38.1. The standard InChI is InChI=1S/C57H43N5/c1-8-24-44(25-9-1)55-58-56(45-26-22-40-53(42-45)61(47-28-10-2-11-29-47,48-30-12-3-13-31-48)49-32-14-4-15-33-49)60-57(59-55)46-27-23-41-54(43-46)62(50-34-16-5-17-35-50,51-36-18-6-19-37-51)52-38-20-7-21-39-52/h1-43H/q+2. The Kier molecular flexibility index (Phi) is 10.4. The maximum Gasteiger partial charge on any atom is 0.164 e. The van der Waals surface area contributed by atoms with Crippen LogP contribution in [0.15, 0.2) is 261 Å². The molecule has 0 N–H and O–H groups in total. The lowest BCUT2D eigenvalue weighted by Gasteiger charge is -2.37. The van der Waals surface area contributed by atoms with Gasteiger partial charge in [-0.05, 0) is 0 Å². The van der Waals surface area contributed by atoms with E-state index in [1.54, 1.807) is 0 Å². The molecule has 0 bridgehead atoms. The Morgan fingerprint density at radius 3 is 0.677 bits per heavy atom. The van der Waals surface area contributed by atoms with Crippen LogP contribution in [-0.4, -0.2) is 15.0 Å². The molecule has 1 heterocycles. The van der Waals surface area contributed by atoms with E-state index in [0.29, 0.717) is 26.4 Å². The number of hydrogen-bond acceptors (Lipinski definition) is 3.